The summed E-state index contributed by atoms with van der Waals surface area (Å²) in [6.45, 7) is 4.56. The van der Waals surface area contributed by atoms with Crippen LogP contribution in [0.3, 0.4) is 0 Å². The maximum Gasteiger partial charge on any atom is 0.232 e. The molecule has 128 valence electrons. The Bertz CT molecular complexity index is 828. The molecule has 0 aliphatic carbocycles. The van der Waals surface area contributed by atoms with Crippen molar-refractivity contribution in [3.05, 3.63) is 59.7 Å². The number of carbonyl (C=O) groups is 2. The highest BCUT2D eigenvalue weighted by atomic mass is 16.2. The van der Waals surface area contributed by atoms with E-state index in [-0.39, 0.29) is 30.2 Å². The number of nitrogens with zero attached hydrogens (tertiary/aromatic N) is 2. The molecule has 0 aromatic heterocycles. The normalized spacial score (nSPS) is 22.4. The van der Waals surface area contributed by atoms with Gasteiger partial charge in [-0.3, -0.25) is 9.59 Å². The summed E-state index contributed by atoms with van der Waals surface area (Å²) in [5.41, 5.74) is 4.25. The summed E-state index contributed by atoms with van der Waals surface area (Å²) in [7, 11) is 0. The van der Waals surface area contributed by atoms with Crippen LogP contribution in [0.15, 0.2) is 48.5 Å². The second-order valence-corrected chi connectivity index (χ2v) is 7.13. The molecule has 2 aromatic carbocycles. The second kappa shape index (κ2) is 6.03. The van der Waals surface area contributed by atoms with Crippen LogP contribution in [0.4, 0.5) is 11.4 Å². The Hall–Kier alpha value is -2.62. The summed E-state index contributed by atoms with van der Waals surface area (Å²) in [5, 5.41) is 0. The number of carbonyl (C=O) groups excluding carboxylic acids is 2. The predicted octanol–water partition coefficient (Wildman–Crippen LogP) is 3.33. The lowest BCUT2D eigenvalue weighted by Crippen LogP contribution is -2.41. The van der Waals surface area contributed by atoms with E-state index in [1.54, 1.807) is 4.90 Å². The highest BCUT2D eigenvalue weighted by Gasteiger charge is 2.40. The van der Waals surface area contributed by atoms with E-state index in [1.807, 2.05) is 54.3 Å². The molecule has 2 heterocycles. The van der Waals surface area contributed by atoms with E-state index in [2.05, 4.69) is 13.0 Å². The number of hydrogen-bond donors (Lipinski definition) is 0. The lowest BCUT2D eigenvalue weighted by molar-refractivity contribution is -0.124. The summed E-state index contributed by atoms with van der Waals surface area (Å²) >= 11 is 0. The predicted molar refractivity (Wildman–Crippen MR) is 98.7 cm³/mol. The average Bonchev–Trinajstić information content (AvgIpc) is 3.14. The van der Waals surface area contributed by atoms with Crippen LogP contribution in [0, 0.1) is 12.8 Å². The summed E-state index contributed by atoms with van der Waals surface area (Å²) < 4.78 is 0. The van der Waals surface area contributed by atoms with Crippen molar-refractivity contribution in [1.82, 2.24) is 0 Å². The zero-order valence-corrected chi connectivity index (χ0v) is 14.6. The molecular formula is C21H22N2O2. The summed E-state index contributed by atoms with van der Waals surface area (Å²) in [6.07, 6.45) is 1.17. The topological polar surface area (TPSA) is 40.6 Å². The van der Waals surface area contributed by atoms with Crippen LogP contribution in [0.1, 0.15) is 24.5 Å². The van der Waals surface area contributed by atoms with Crippen LogP contribution in [0.5, 0.6) is 0 Å². The number of rotatable bonds is 2. The maximum absolute atomic E-state index is 13.1. The standard InChI is InChI=1S/C21H22N2O2/c1-14-7-9-18(10-8-14)22-13-17(12-20(22)24)21(25)23-15(2)11-16-5-3-4-6-19(16)23/h3-10,15,17H,11-13H2,1-2H3. The summed E-state index contributed by atoms with van der Waals surface area (Å²) in [6, 6.07) is 16.1. The van der Waals surface area contributed by atoms with Gasteiger partial charge in [0.25, 0.3) is 0 Å². The third-order valence-corrected chi connectivity index (χ3v) is 5.26. The molecule has 1 saturated heterocycles. The van der Waals surface area contributed by atoms with Crippen molar-refractivity contribution >= 4 is 23.2 Å². The molecule has 4 rings (SSSR count). The molecule has 2 unspecified atom stereocenters. The SMILES string of the molecule is Cc1ccc(N2CC(C(=O)N3c4ccccc4CC3C)CC2=O)cc1. The Morgan fingerprint density at radius 2 is 1.76 bits per heavy atom. The first-order chi connectivity index (χ1) is 12.0. The summed E-state index contributed by atoms with van der Waals surface area (Å²) in [5.74, 6) is -0.176. The lowest BCUT2D eigenvalue weighted by Gasteiger charge is -2.26. The number of anilines is 2. The molecule has 0 N–H and O–H groups in total. The first-order valence-corrected chi connectivity index (χ1v) is 8.82. The first-order valence-electron chi connectivity index (χ1n) is 8.82. The Labute approximate surface area is 148 Å². The molecule has 0 spiro atoms. The van der Waals surface area contributed by atoms with Crippen molar-refractivity contribution in [2.24, 2.45) is 5.92 Å². The van der Waals surface area contributed by atoms with Gasteiger partial charge >= 0.3 is 0 Å². The number of hydrogen-bond acceptors (Lipinski definition) is 2. The van der Waals surface area contributed by atoms with Gasteiger partial charge in [0, 0.05) is 30.4 Å². The zero-order valence-electron chi connectivity index (χ0n) is 14.6. The van der Waals surface area contributed by atoms with Crippen LogP contribution in [-0.2, 0) is 16.0 Å². The molecule has 0 saturated carbocycles. The molecule has 2 aliphatic heterocycles. The fourth-order valence-electron chi connectivity index (χ4n) is 3.95. The van der Waals surface area contributed by atoms with E-state index in [4.69, 9.17) is 0 Å². The van der Waals surface area contributed by atoms with E-state index >= 15 is 0 Å². The van der Waals surface area contributed by atoms with Crippen LogP contribution in [0.25, 0.3) is 0 Å². The van der Waals surface area contributed by atoms with E-state index in [9.17, 15) is 9.59 Å². The Morgan fingerprint density at radius 1 is 1.04 bits per heavy atom. The van der Waals surface area contributed by atoms with Gasteiger partial charge in [-0.05, 0) is 44.0 Å². The number of fused-ring (bicyclic) bond motifs is 1. The Kier molecular flexibility index (Phi) is 3.83. The number of benzene rings is 2. The number of para-hydroxylation sites is 1. The third-order valence-electron chi connectivity index (χ3n) is 5.26. The van der Waals surface area contributed by atoms with E-state index in [0.29, 0.717) is 6.54 Å². The van der Waals surface area contributed by atoms with E-state index < -0.39 is 0 Å². The first kappa shape index (κ1) is 15.9. The van der Waals surface area contributed by atoms with Crippen LogP contribution in [-0.4, -0.2) is 24.4 Å². The van der Waals surface area contributed by atoms with Crippen molar-refractivity contribution in [3.8, 4) is 0 Å². The van der Waals surface area contributed by atoms with Gasteiger partial charge in [0.15, 0.2) is 0 Å². The maximum atomic E-state index is 13.1. The zero-order chi connectivity index (χ0) is 17.6. The number of aryl methyl sites for hydroxylation is 1. The molecule has 0 bridgehead atoms. The van der Waals surface area contributed by atoms with Gasteiger partial charge in [-0.25, -0.2) is 0 Å². The van der Waals surface area contributed by atoms with Gasteiger partial charge in [0.1, 0.15) is 0 Å². The van der Waals surface area contributed by atoms with Gasteiger partial charge in [-0.2, -0.15) is 0 Å². The fourth-order valence-corrected chi connectivity index (χ4v) is 3.95. The minimum atomic E-state index is -0.276. The lowest BCUT2D eigenvalue weighted by atomic mass is 10.1. The van der Waals surface area contributed by atoms with Crippen LogP contribution < -0.4 is 9.80 Å². The molecule has 2 atom stereocenters. The molecule has 1 fully saturated rings. The third kappa shape index (κ3) is 2.72. The molecule has 4 heteroatoms. The smallest absolute Gasteiger partial charge is 0.232 e. The van der Waals surface area contributed by atoms with Crippen molar-refractivity contribution in [3.63, 3.8) is 0 Å². The fraction of sp³-hybridized carbons (Fsp3) is 0.333. The van der Waals surface area contributed by atoms with Crippen molar-refractivity contribution in [2.75, 3.05) is 16.3 Å². The molecule has 2 aliphatic rings. The monoisotopic (exact) mass is 334 g/mol. The molecule has 0 radical (unpaired) electrons. The molecule has 2 aromatic rings. The van der Waals surface area contributed by atoms with Gasteiger partial charge in [0.05, 0.1) is 5.92 Å². The molecule has 25 heavy (non-hydrogen) atoms. The minimum absolute atomic E-state index is 0.0299. The average molecular weight is 334 g/mol. The highest BCUT2D eigenvalue weighted by molar-refractivity contribution is 6.05. The molecule has 2 amide bonds. The van der Waals surface area contributed by atoms with E-state index in [0.717, 1.165) is 23.4 Å². The van der Waals surface area contributed by atoms with Gasteiger partial charge in [-0.1, -0.05) is 35.9 Å². The number of amides is 2. The van der Waals surface area contributed by atoms with Gasteiger partial charge < -0.3 is 9.80 Å². The minimum Gasteiger partial charge on any atom is -0.312 e. The molecular weight excluding hydrogens is 312 g/mol. The highest BCUT2D eigenvalue weighted by Crippen LogP contribution is 2.35. The van der Waals surface area contributed by atoms with Crippen LogP contribution in [0.2, 0.25) is 0 Å². The quantitative estimate of drug-likeness (QED) is 0.845. The molecule has 4 nitrogen and oxygen atoms in total. The van der Waals surface area contributed by atoms with Crippen LogP contribution >= 0.6 is 0 Å². The Balaban J connectivity index is 1.56. The van der Waals surface area contributed by atoms with Crippen molar-refractivity contribution in [2.45, 2.75) is 32.7 Å². The largest absolute Gasteiger partial charge is 0.312 e. The van der Waals surface area contributed by atoms with Gasteiger partial charge in [0.2, 0.25) is 11.8 Å². The van der Waals surface area contributed by atoms with E-state index in [1.165, 1.54) is 5.56 Å². The Morgan fingerprint density at radius 3 is 2.52 bits per heavy atom. The van der Waals surface area contributed by atoms with Gasteiger partial charge in [-0.15, -0.1) is 0 Å². The second-order valence-electron chi connectivity index (χ2n) is 7.13. The van der Waals surface area contributed by atoms with Crippen molar-refractivity contribution < 1.29 is 9.59 Å². The van der Waals surface area contributed by atoms with Crippen molar-refractivity contribution in [1.29, 1.82) is 0 Å². The summed E-state index contributed by atoms with van der Waals surface area (Å²) in [4.78, 5) is 29.3.